The molecular weight excluding hydrogens is 584 g/mol. The lowest BCUT2D eigenvalue weighted by atomic mass is 9.79. The Morgan fingerprint density at radius 2 is 0.927 bits per heavy atom. The van der Waals surface area contributed by atoms with Crippen LogP contribution in [0.1, 0.15) is 75.6 Å². The van der Waals surface area contributed by atoms with Crippen LogP contribution in [0, 0.1) is 0 Å². The van der Waals surface area contributed by atoms with Crippen LogP contribution < -0.4 is 0 Å². The number of rotatable bonds is 6. The van der Waals surface area contributed by atoms with E-state index in [9.17, 15) is 62.9 Å². The van der Waals surface area contributed by atoms with Gasteiger partial charge in [-0.1, -0.05) is 83.1 Å². The monoisotopic (exact) mass is 614 g/mol. The lowest BCUT2D eigenvalue weighted by Crippen LogP contribution is -2.54. The zero-order valence-electron chi connectivity index (χ0n) is 22.5. The highest BCUT2D eigenvalue weighted by Gasteiger charge is 2.72. The Bertz CT molecular complexity index is 1120. The van der Waals surface area contributed by atoms with Crippen molar-refractivity contribution < 1.29 is 62.9 Å². The van der Waals surface area contributed by atoms with Gasteiger partial charge in [0.05, 0.1) is 0 Å². The molecule has 0 aliphatic carbocycles. The van der Waals surface area contributed by atoms with Crippen molar-refractivity contribution in [3.8, 4) is 0 Å². The SMILES string of the molecule is CCC(C)(C)c1cccc(C(O)(C(F)(F)F)C(F)(F)F)c1.CCC(C)c1cccc(C(O)(C(F)(F)F)C(F)(F)F)c1. The van der Waals surface area contributed by atoms with Gasteiger partial charge in [0.1, 0.15) is 0 Å². The van der Waals surface area contributed by atoms with Gasteiger partial charge in [0.15, 0.2) is 0 Å². The lowest BCUT2D eigenvalue weighted by molar-refractivity contribution is -0.376. The fraction of sp³-hybridized carbons (Fsp3) is 0.556. The molecule has 1 unspecified atom stereocenters. The maximum atomic E-state index is 12.8. The zero-order valence-corrected chi connectivity index (χ0v) is 22.5. The van der Waals surface area contributed by atoms with Crippen molar-refractivity contribution in [2.45, 2.75) is 94.7 Å². The molecule has 2 nitrogen and oxygen atoms in total. The molecule has 41 heavy (non-hydrogen) atoms. The number of hydrogen-bond donors (Lipinski definition) is 2. The van der Waals surface area contributed by atoms with Crippen molar-refractivity contribution in [3.63, 3.8) is 0 Å². The van der Waals surface area contributed by atoms with Crippen LogP contribution in [-0.2, 0) is 16.6 Å². The molecule has 1 atom stereocenters. The smallest absolute Gasteiger partial charge is 0.369 e. The second-order valence-corrected chi connectivity index (χ2v) is 10.2. The van der Waals surface area contributed by atoms with Crippen LogP contribution in [0.25, 0.3) is 0 Å². The molecule has 0 saturated heterocycles. The minimum absolute atomic E-state index is 0.208. The van der Waals surface area contributed by atoms with Gasteiger partial charge in [-0.05, 0) is 35.3 Å². The molecule has 2 N–H and O–H groups in total. The van der Waals surface area contributed by atoms with E-state index < -0.39 is 52.4 Å². The first kappa shape index (κ1) is 36.5. The summed E-state index contributed by atoms with van der Waals surface area (Å²) in [5, 5.41) is 18.7. The predicted octanol–water partition coefficient (Wildman–Crippen LogP) is 9.20. The van der Waals surface area contributed by atoms with Crippen molar-refractivity contribution in [3.05, 3.63) is 70.8 Å². The average Bonchev–Trinajstić information content (AvgIpc) is 2.85. The number of benzene rings is 2. The normalized spacial score (nSPS) is 14.8. The third kappa shape index (κ3) is 7.30. The summed E-state index contributed by atoms with van der Waals surface area (Å²) in [6.45, 7) is 8.61. The zero-order chi connectivity index (χ0) is 32.5. The lowest BCUT2D eigenvalue weighted by Gasteiger charge is -2.34. The van der Waals surface area contributed by atoms with Crippen LogP contribution in [-0.4, -0.2) is 34.9 Å². The summed E-state index contributed by atoms with van der Waals surface area (Å²) >= 11 is 0. The summed E-state index contributed by atoms with van der Waals surface area (Å²) in [6.07, 6.45) is -22.3. The third-order valence-electron chi connectivity index (χ3n) is 7.07. The maximum absolute atomic E-state index is 12.8. The molecule has 0 saturated carbocycles. The van der Waals surface area contributed by atoms with Crippen molar-refractivity contribution in [1.29, 1.82) is 0 Å². The largest absolute Gasteiger partial charge is 0.430 e. The summed E-state index contributed by atoms with van der Waals surface area (Å²) in [4.78, 5) is 0. The number of aliphatic hydroxyl groups is 2. The first-order valence-corrected chi connectivity index (χ1v) is 12.1. The fourth-order valence-electron chi connectivity index (χ4n) is 3.65. The Kier molecular flexibility index (Phi) is 10.7. The average molecular weight is 615 g/mol. The van der Waals surface area contributed by atoms with Gasteiger partial charge >= 0.3 is 24.7 Å². The van der Waals surface area contributed by atoms with Gasteiger partial charge in [0.2, 0.25) is 0 Å². The first-order valence-electron chi connectivity index (χ1n) is 12.1. The van der Waals surface area contributed by atoms with Crippen LogP contribution in [0.15, 0.2) is 48.5 Å². The van der Waals surface area contributed by atoms with Crippen molar-refractivity contribution in [1.82, 2.24) is 0 Å². The highest BCUT2D eigenvalue weighted by Crippen LogP contribution is 2.51. The van der Waals surface area contributed by atoms with E-state index in [0.29, 0.717) is 36.1 Å². The Morgan fingerprint density at radius 3 is 1.27 bits per heavy atom. The quantitative estimate of drug-likeness (QED) is 0.319. The first-order chi connectivity index (χ1) is 18.2. The molecule has 234 valence electrons. The highest BCUT2D eigenvalue weighted by atomic mass is 19.4. The molecule has 2 aromatic rings. The topological polar surface area (TPSA) is 40.5 Å². The van der Waals surface area contributed by atoms with E-state index in [-0.39, 0.29) is 5.92 Å². The van der Waals surface area contributed by atoms with Crippen molar-refractivity contribution in [2.24, 2.45) is 0 Å². The van der Waals surface area contributed by atoms with E-state index in [0.717, 1.165) is 24.3 Å². The van der Waals surface area contributed by atoms with Crippen molar-refractivity contribution in [2.75, 3.05) is 0 Å². The van der Waals surface area contributed by atoms with Crippen LogP contribution in [0.3, 0.4) is 0 Å². The van der Waals surface area contributed by atoms with Gasteiger partial charge in [0.25, 0.3) is 11.2 Å². The molecule has 0 heterocycles. The summed E-state index contributed by atoms with van der Waals surface area (Å²) in [5.41, 5.74) is -12.2. The Hall–Kier alpha value is -2.48. The molecule has 0 aromatic heterocycles. The minimum atomic E-state index is -5.86. The molecule has 0 spiro atoms. The van der Waals surface area contributed by atoms with Gasteiger partial charge < -0.3 is 10.2 Å². The van der Waals surface area contributed by atoms with Crippen LogP contribution in [0.5, 0.6) is 0 Å². The molecule has 2 aromatic carbocycles. The molecule has 0 fully saturated rings. The Morgan fingerprint density at radius 1 is 0.585 bits per heavy atom. The number of hydrogen-bond acceptors (Lipinski definition) is 2. The van der Waals surface area contributed by atoms with Crippen LogP contribution in [0.2, 0.25) is 0 Å². The number of alkyl halides is 12. The highest BCUT2D eigenvalue weighted by molar-refractivity contribution is 5.35. The molecule has 14 heteroatoms. The molecule has 0 amide bonds. The standard InChI is InChI=1S/C14H16F6O.C13H14F6O/c1-4-11(2,3)9-6-5-7-10(8-9)12(21,13(15,16)17)14(18,19)20;1-3-8(2)9-5-4-6-10(7-9)11(20,12(14,15)16)13(17,18)19/h5-8,21H,4H2,1-3H3;4-8,20H,3H2,1-2H3. The second-order valence-electron chi connectivity index (χ2n) is 10.2. The van der Waals surface area contributed by atoms with E-state index in [1.165, 1.54) is 12.1 Å². The second kappa shape index (κ2) is 12.0. The van der Waals surface area contributed by atoms with E-state index in [2.05, 4.69) is 0 Å². The maximum Gasteiger partial charge on any atom is 0.430 e. The van der Waals surface area contributed by atoms with E-state index in [1.807, 2.05) is 0 Å². The van der Waals surface area contributed by atoms with Gasteiger partial charge in [-0.25, -0.2) is 0 Å². The molecular formula is C27H30F12O2. The van der Waals surface area contributed by atoms with E-state index in [4.69, 9.17) is 0 Å². The van der Waals surface area contributed by atoms with Crippen LogP contribution in [0.4, 0.5) is 52.7 Å². The van der Waals surface area contributed by atoms with Gasteiger partial charge in [0, 0.05) is 11.1 Å². The van der Waals surface area contributed by atoms with E-state index >= 15 is 0 Å². The fourth-order valence-corrected chi connectivity index (χ4v) is 3.65. The molecule has 0 aliphatic heterocycles. The minimum Gasteiger partial charge on any atom is -0.369 e. The number of halogens is 12. The summed E-state index contributed by atoms with van der Waals surface area (Å²) in [6, 6.07) is 7.84. The van der Waals surface area contributed by atoms with Crippen molar-refractivity contribution >= 4 is 0 Å². The molecule has 2 rings (SSSR count). The Balaban J connectivity index is 0.000000410. The van der Waals surface area contributed by atoms with E-state index in [1.54, 1.807) is 34.6 Å². The van der Waals surface area contributed by atoms with Crippen LogP contribution >= 0.6 is 0 Å². The van der Waals surface area contributed by atoms with Gasteiger partial charge in [-0.15, -0.1) is 0 Å². The summed E-state index contributed by atoms with van der Waals surface area (Å²) in [5.74, 6) is -0.208. The molecule has 0 radical (unpaired) electrons. The molecule has 0 aliphatic rings. The van der Waals surface area contributed by atoms with Gasteiger partial charge in [-0.3, -0.25) is 0 Å². The molecule has 0 bridgehead atoms. The third-order valence-corrected chi connectivity index (χ3v) is 7.07. The Labute approximate surface area is 229 Å². The van der Waals surface area contributed by atoms with Gasteiger partial charge in [-0.2, -0.15) is 52.7 Å². The summed E-state index contributed by atoms with van der Waals surface area (Å²) in [7, 11) is 0. The predicted molar refractivity (Wildman–Crippen MR) is 127 cm³/mol. The summed E-state index contributed by atoms with van der Waals surface area (Å²) < 4.78 is 153.